The van der Waals surface area contributed by atoms with Crippen LogP contribution in [0.4, 0.5) is 13.2 Å². The lowest BCUT2D eigenvalue weighted by Crippen LogP contribution is -2.28. The Morgan fingerprint density at radius 3 is 2.10 bits per heavy atom. The second kappa shape index (κ2) is 10.8. The van der Waals surface area contributed by atoms with Crippen LogP contribution in [0, 0.1) is 6.92 Å². The minimum absolute atomic E-state index is 0.157. The van der Waals surface area contributed by atoms with E-state index in [9.17, 15) is 41.4 Å². The van der Waals surface area contributed by atoms with Crippen LogP contribution >= 0.6 is 46.4 Å². The lowest BCUT2D eigenvalue weighted by atomic mass is 10.0. The molecule has 0 aliphatic rings. The summed E-state index contributed by atoms with van der Waals surface area (Å²) in [6, 6.07) is 7.26. The van der Waals surface area contributed by atoms with E-state index in [1.807, 2.05) is 0 Å². The molecule has 0 aliphatic heterocycles. The van der Waals surface area contributed by atoms with Crippen LogP contribution < -0.4 is 4.18 Å². The first-order valence-corrected chi connectivity index (χ1v) is 13.7. The van der Waals surface area contributed by atoms with Gasteiger partial charge >= 0.3 is 15.6 Å². The third kappa shape index (κ3) is 5.60. The fraction of sp³-hybridized carbons (Fsp3) is 0.0833. The van der Waals surface area contributed by atoms with E-state index < -0.39 is 49.9 Å². The zero-order valence-corrected chi connectivity index (χ0v) is 23.8. The number of carbonyl (C=O) groups is 2. The highest BCUT2D eigenvalue weighted by Crippen LogP contribution is 2.41. The molecule has 0 amide bonds. The molecule has 0 saturated carbocycles. The fourth-order valence-corrected chi connectivity index (χ4v) is 4.97. The standard InChI is InChI=1S/C24H13Cl4F3N2O7S/c1-9-2-4-12(15(34)6-9)21(37)18-19(17(26)22(27)32-18)33-14(8-13(25)23(33)28)20(36)11-5-3-10(7-16(11)35)40-41(38,39)24(29,30)31/h2-8,32,34-35H,1H3. The molecule has 2 aromatic heterocycles. The van der Waals surface area contributed by atoms with Crippen molar-refractivity contribution in [1.82, 2.24) is 9.55 Å². The normalized spacial score (nSPS) is 12.0. The van der Waals surface area contributed by atoms with Gasteiger partial charge in [0, 0.05) is 6.07 Å². The lowest BCUT2D eigenvalue weighted by Gasteiger charge is -2.14. The van der Waals surface area contributed by atoms with Gasteiger partial charge in [0.1, 0.15) is 38.3 Å². The van der Waals surface area contributed by atoms with Gasteiger partial charge < -0.3 is 19.4 Å². The van der Waals surface area contributed by atoms with Gasteiger partial charge in [0.15, 0.2) is 0 Å². The largest absolute Gasteiger partial charge is 0.534 e. The molecular formula is C24H13Cl4F3N2O7S. The van der Waals surface area contributed by atoms with Gasteiger partial charge in [0.2, 0.25) is 11.6 Å². The molecule has 2 heterocycles. The van der Waals surface area contributed by atoms with Gasteiger partial charge in [0.25, 0.3) is 0 Å². The molecule has 4 rings (SSSR count). The first-order valence-electron chi connectivity index (χ1n) is 10.8. The summed E-state index contributed by atoms with van der Waals surface area (Å²) in [6.45, 7) is 1.69. The van der Waals surface area contributed by atoms with Crippen molar-refractivity contribution in [2.75, 3.05) is 0 Å². The van der Waals surface area contributed by atoms with Crippen LogP contribution in [0.25, 0.3) is 5.69 Å². The molecule has 216 valence electrons. The number of phenols is 2. The second-order valence-electron chi connectivity index (χ2n) is 8.32. The number of rotatable bonds is 7. The molecule has 0 radical (unpaired) electrons. The van der Waals surface area contributed by atoms with Gasteiger partial charge in [-0.1, -0.05) is 52.5 Å². The summed E-state index contributed by atoms with van der Waals surface area (Å²) >= 11 is 25.1. The zero-order valence-electron chi connectivity index (χ0n) is 20.0. The Labute approximate surface area is 248 Å². The Kier molecular flexibility index (Phi) is 8.06. The molecule has 0 atom stereocenters. The van der Waals surface area contributed by atoms with E-state index in [2.05, 4.69) is 9.17 Å². The number of benzene rings is 2. The number of nitrogens with one attached hydrogen (secondary N) is 1. The SMILES string of the molecule is Cc1ccc(C(=O)c2[nH]c(Cl)c(Cl)c2-n2c(C(=O)c3ccc(OS(=O)(=O)C(F)(F)F)cc3O)cc(Cl)c2Cl)c(O)c1. The third-order valence-electron chi connectivity index (χ3n) is 5.55. The summed E-state index contributed by atoms with van der Waals surface area (Å²) < 4.78 is 65.4. The van der Waals surface area contributed by atoms with E-state index in [0.717, 1.165) is 16.7 Å². The summed E-state index contributed by atoms with van der Waals surface area (Å²) in [5.74, 6) is -4.11. The Morgan fingerprint density at radius 1 is 0.927 bits per heavy atom. The van der Waals surface area contributed by atoms with E-state index in [-0.39, 0.29) is 43.0 Å². The minimum Gasteiger partial charge on any atom is -0.507 e. The molecule has 3 N–H and O–H groups in total. The first kappa shape index (κ1) is 30.6. The zero-order chi connectivity index (χ0) is 30.6. The summed E-state index contributed by atoms with van der Waals surface area (Å²) in [5.41, 5.74) is -6.75. The topological polar surface area (TPSA) is 139 Å². The number of aromatic nitrogens is 2. The number of carbonyl (C=O) groups excluding carboxylic acids is 2. The number of ketones is 2. The summed E-state index contributed by atoms with van der Waals surface area (Å²) in [5, 5.41) is 19.6. The maximum Gasteiger partial charge on any atom is 0.534 e. The van der Waals surface area contributed by atoms with Gasteiger partial charge in [0.05, 0.1) is 27.5 Å². The van der Waals surface area contributed by atoms with Crippen molar-refractivity contribution < 1.29 is 45.6 Å². The van der Waals surface area contributed by atoms with Crippen LogP contribution in [-0.2, 0) is 10.1 Å². The van der Waals surface area contributed by atoms with Gasteiger partial charge in [-0.25, -0.2) is 0 Å². The number of alkyl halides is 3. The monoisotopic (exact) mass is 670 g/mol. The van der Waals surface area contributed by atoms with Crippen LogP contribution in [-0.4, -0.2) is 45.3 Å². The molecule has 0 spiro atoms. The maximum absolute atomic E-state index is 13.5. The Hall–Kier alpha value is -3.36. The Bertz CT molecular complexity index is 1850. The van der Waals surface area contributed by atoms with Crippen LogP contribution in [0.3, 0.4) is 0 Å². The van der Waals surface area contributed by atoms with Gasteiger partial charge in [-0.2, -0.15) is 21.6 Å². The van der Waals surface area contributed by atoms with Gasteiger partial charge in [-0.05, 0) is 42.8 Å². The average molecular weight is 672 g/mol. The molecule has 0 unspecified atom stereocenters. The van der Waals surface area contributed by atoms with E-state index >= 15 is 0 Å². The quantitative estimate of drug-likeness (QED) is 0.111. The fourth-order valence-electron chi connectivity index (χ4n) is 3.69. The highest BCUT2D eigenvalue weighted by atomic mass is 35.5. The number of hydrogen-bond acceptors (Lipinski definition) is 7. The molecule has 0 bridgehead atoms. The Balaban J connectivity index is 1.83. The van der Waals surface area contributed by atoms with Gasteiger partial charge in [-0.15, -0.1) is 0 Å². The maximum atomic E-state index is 13.5. The molecule has 0 fully saturated rings. The molecule has 9 nitrogen and oxygen atoms in total. The van der Waals surface area contributed by atoms with Gasteiger partial charge in [-0.3, -0.25) is 14.2 Å². The highest BCUT2D eigenvalue weighted by Gasteiger charge is 2.48. The minimum atomic E-state index is -6.06. The van der Waals surface area contributed by atoms with Crippen LogP contribution in [0.1, 0.15) is 37.7 Å². The van der Waals surface area contributed by atoms with Crippen LogP contribution in [0.2, 0.25) is 20.4 Å². The number of aryl methyl sites for hydroxylation is 1. The number of aromatic hydroxyl groups is 2. The summed E-state index contributed by atoms with van der Waals surface area (Å²) in [6.07, 6.45) is 0. The number of aromatic amines is 1. The number of H-pyrrole nitrogens is 1. The van der Waals surface area contributed by atoms with Crippen molar-refractivity contribution in [2.24, 2.45) is 0 Å². The van der Waals surface area contributed by atoms with Crippen molar-refractivity contribution in [3.8, 4) is 22.9 Å². The molecule has 17 heteroatoms. The third-order valence-corrected chi connectivity index (χ3v) is 8.04. The van der Waals surface area contributed by atoms with Crippen molar-refractivity contribution >= 4 is 68.1 Å². The smallest absolute Gasteiger partial charge is 0.507 e. The van der Waals surface area contributed by atoms with E-state index in [1.165, 1.54) is 12.1 Å². The highest BCUT2D eigenvalue weighted by molar-refractivity contribution is 7.88. The van der Waals surface area contributed by atoms with Crippen molar-refractivity contribution in [1.29, 1.82) is 0 Å². The Morgan fingerprint density at radius 2 is 1.51 bits per heavy atom. The number of hydrogen-bond donors (Lipinski definition) is 3. The van der Waals surface area contributed by atoms with Crippen molar-refractivity contribution in [3.63, 3.8) is 0 Å². The number of nitrogens with zero attached hydrogens (tertiary/aromatic N) is 1. The summed E-state index contributed by atoms with van der Waals surface area (Å²) in [4.78, 5) is 29.5. The first-order chi connectivity index (χ1) is 18.9. The van der Waals surface area contributed by atoms with Crippen molar-refractivity contribution in [3.05, 3.63) is 90.9 Å². The van der Waals surface area contributed by atoms with Crippen molar-refractivity contribution in [2.45, 2.75) is 12.4 Å². The molecule has 4 aromatic rings. The van der Waals surface area contributed by atoms with E-state index in [1.54, 1.807) is 13.0 Å². The van der Waals surface area contributed by atoms with E-state index in [4.69, 9.17) is 46.4 Å². The molecule has 2 aromatic carbocycles. The number of halogens is 7. The van der Waals surface area contributed by atoms with Crippen LogP contribution in [0.15, 0.2) is 42.5 Å². The van der Waals surface area contributed by atoms with E-state index in [0.29, 0.717) is 17.7 Å². The predicted octanol–water partition coefficient (Wildman–Crippen LogP) is 6.83. The average Bonchev–Trinajstić information content (AvgIpc) is 3.31. The molecular weight excluding hydrogens is 659 g/mol. The molecule has 0 saturated heterocycles. The lowest BCUT2D eigenvalue weighted by molar-refractivity contribution is -0.0500. The predicted molar refractivity (Wildman–Crippen MR) is 144 cm³/mol. The summed E-state index contributed by atoms with van der Waals surface area (Å²) in [7, 11) is -6.06. The molecule has 0 aliphatic carbocycles. The number of phenolic OH excluding ortho intramolecular Hbond substituents is 2. The second-order valence-corrected chi connectivity index (χ2v) is 11.4. The molecule has 41 heavy (non-hydrogen) atoms. The van der Waals surface area contributed by atoms with Crippen LogP contribution in [0.5, 0.6) is 17.2 Å².